The van der Waals surface area contributed by atoms with Gasteiger partial charge in [-0.05, 0) is 37.1 Å². The Labute approximate surface area is 164 Å². The molecule has 0 atom stereocenters. The average Bonchev–Trinajstić information content (AvgIpc) is 3.24. The van der Waals surface area contributed by atoms with E-state index in [0.29, 0.717) is 37.6 Å². The van der Waals surface area contributed by atoms with Crippen LogP contribution in [-0.2, 0) is 6.18 Å². The van der Waals surface area contributed by atoms with E-state index in [-0.39, 0.29) is 11.5 Å². The second-order valence-corrected chi connectivity index (χ2v) is 6.80. The number of likely N-dealkylation sites (tertiary alicyclic amines) is 1. The van der Waals surface area contributed by atoms with Crippen molar-refractivity contribution >= 4 is 5.91 Å². The van der Waals surface area contributed by atoms with Crippen molar-refractivity contribution in [2.24, 2.45) is 0 Å². The maximum absolute atomic E-state index is 13.2. The summed E-state index contributed by atoms with van der Waals surface area (Å²) in [5, 5.41) is 4.03. The van der Waals surface area contributed by atoms with Crippen molar-refractivity contribution in [1.29, 1.82) is 0 Å². The molecule has 1 aromatic carbocycles. The molecule has 0 aliphatic carbocycles. The Morgan fingerprint density at radius 3 is 2.45 bits per heavy atom. The lowest BCUT2D eigenvalue weighted by molar-refractivity contribution is -0.138. The number of hydrogen-bond acceptors (Lipinski definition) is 5. The van der Waals surface area contributed by atoms with Crippen LogP contribution in [-0.4, -0.2) is 39.0 Å². The number of piperidine rings is 1. The van der Waals surface area contributed by atoms with Gasteiger partial charge in [0.05, 0.1) is 11.1 Å². The molecule has 6 nitrogen and oxygen atoms in total. The third kappa shape index (κ3) is 3.98. The van der Waals surface area contributed by atoms with E-state index < -0.39 is 17.6 Å². The summed E-state index contributed by atoms with van der Waals surface area (Å²) < 4.78 is 44.9. The zero-order valence-electron chi connectivity index (χ0n) is 15.3. The molecule has 29 heavy (non-hydrogen) atoms. The van der Waals surface area contributed by atoms with Gasteiger partial charge in [0.25, 0.3) is 11.8 Å². The van der Waals surface area contributed by atoms with E-state index >= 15 is 0 Å². The normalized spacial score (nSPS) is 15.5. The fourth-order valence-electron chi connectivity index (χ4n) is 3.44. The molecule has 0 N–H and O–H groups in total. The zero-order valence-corrected chi connectivity index (χ0v) is 15.3. The third-order valence-electron chi connectivity index (χ3n) is 4.98. The number of alkyl halides is 3. The van der Waals surface area contributed by atoms with E-state index in [2.05, 4.69) is 15.1 Å². The molecule has 0 radical (unpaired) electrons. The van der Waals surface area contributed by atoms with Gasteiger partial charge in [-0.25, -0.2) is 0 Å². The molecule has 0 saturated carbocycles. The molecule has 1 amide bonds. The number of halogens is 3. The van der Waals surface area contributed by atoms with Gasteiger partial charge in [-0.15, -0.1) is 0 Å². The van der Waals surface area contributed by atoms with Crippen molar-refractivity contribution in [3.63, 3.8) is 0 Å². The number of carbonyl (C=O) groups is 1. The molecule has 9 heteroatoms. The standard InChI is InChI=1S/C20H17F3N4O2/c21-20(22,23)16-4-2-1-3-15(16)19(28)27-11-7-13(8-12-27)17-25-18(29-26-17)14-5-9-24-10-6-14/h1-6,9-10,13H,7-8,11-12H2. The number of benzene rings is 1. The smallest absolute Gasteiger partial charge is 0.339 e. The summed E-state index contributed by atoms with van der Waals surface area (Å²) >= 11 is 0. The SMILES string of the molecule is O=C(c1ccccc1C(F)(F)F)N1CCC(c2noc(-c3ccncc3)n2)CC1. The summed E-state index contributed by atoms with van der Waals surface area (Å²) in [7, 11) is 0. The first-order valence-electron chi connectivity index (χ1n) is 9.13. The summed E-state index contributed by atoms with van der Waals surface area (Å²) in [4.78, 5) is 22.5. The highest BCUT2D eigenvalue weighted by Gasteiger charge is 2.36. The van der Waals surface area contributed by atoms with Crippen LogP contribution in [0.5, 0.6) is 0 Å². The van der Waals surface area contributed by atoms with Gasteiger partial charge in [0, 0.05) is 37.0 Å². The number of rotatable bonds is 3. The Bertz CT molecular complexity index is 996. The van der Waals surface area contributed by atoms with Gasteiger partial charge in [0.1, 0.15) is 0 Å². The minimum Gasteiger partial charge on any atom is -0.339 e. The van der Waals surface area contributed by atoms with Gasteiger partial charge in [0.2, 0.25) is 0 Å². The molecule has 3 heterocycles. The Kier molecular flexibility index (Phi) is 5.04. The van der Waals surface area contributed by atoms with Crippen molar-refractivity contribution in [2.45, 2.75) is 24.9 Å². The predicted molar refractivity (Wildman–Crippen MR) is 96.9 cm³/mol. The third-order valence-corrected chi connectivity index (χ3v) is 4.98. The summed E-state index contributed by atoms with van der Waals surface area (Å²) in [5.74, 6) is 0.304. The van der Waals surface area contributed by atoms with E-state index in [0.717, 1.165) is 11.6 Å². The molecule has 2 aromatic heterocycles. The van der Waals surface area contributed by atoms with Crippen molar-refractivity contribution in [2.75, 3.05) is 13.1 Å². The minimum atomic E-state index is -4.57. The molecule has 150 valence electrons. The lowest BCUT2D eigenvalue weighted by Gasteiger charge is -2.31. The number of hydrogen-bond donors (Lipinski definition) is 0. The second-order valence-electron chi connectivity index (χ2n) is 6.80. The Balaban J connectivity index is 1.44. The van der Waals surface area contributed by atoms with Crippen LogP contribution < -0.4 is 0 Å². The van der Waals surface area contributed by atoms with Gasteiger partial charge < -0.3 is 9.42 Å². The quantitative estimate of drug-likeness (QED) is 0.658. The maximum Gasteiger partial charge on any atom is 0.417 e. The van der Waals surface area contributed by atoms with Crippen LogP contribution in [0.25, 0.3) is 11.5 Å². The minimum absolute atomic E-state index is 0.0174. The Hall–Kier alpha value is -3.23. The van der Waals surface area contributed by atoms with Crippen molar-refractivity contribution in [3.05, 3.63) is 65.7 Å². The van der Waals surface area contributed by atoms with Crippen LogP contribution in [0.4, 0.5) is 13.2 Å². The van der Waals surface area contributed by atoms with Gasteiger partial charge in [-0.3, -0.25) is 9.78 Å². The topological polar surface area (TPSA) is 72.1 Å². The van der Waals surface area contributed by atoms with Crippen LogP contribution >= 0.6 is 0 Å². The van der Waals surface area contributed by atoms with Gasteiger partial charge in [0.15, 0.2) is 5.82 Å². The Morgan fingerprint density at radius 2 is 1.76 bits per heavy atom. The highest BCUT2D eigenvalue weighted by molar-refractivity contribution is 5.96. The van der Waals surface area contributed by atoms with Crippen molar-refractivity contribution < 1.29 is 22.5 Å². The summed E-state index contributed by atoms with van der Waals surface area (Å²) in [6, 6.07) is 8.39. The fourth-order valence-corrected chi connectivity index (χ4v) is 3.44. The number of pyridine rings is 1. The molecule has 1 saturated heterocycles. The molecule has 1 fully saturated rings. The molecular weight excluding hydrogens is 385 g/mol. The predicted octanol–water partition coefficient (Wildman–Crippen LogP) is 4.17. The van der Waals surface area contributed by atoms with Crippen molar-refractivity contribution in [1.82, 2.24) is 20.0 Å². The molecule has 0 spiro atoms. The van der Waals surface area contributed by atoms with Gasteiger partial charge >= 0.3 is 6.18 Å². The molecule has 4 rings (SSSR count). The Morgan fingerprint density at radius 1 is 1.07 bits per heavy atom. The van der Waals surface area contributed by atoms with E-state index in [1.807, 2.05) is 0 Å². The highest BCUT2D eigenvalue weighted by Crippen LogP contribution is 2.34. The summed E-state index contributed by atoms with van der Waals surface area (Å²) in [6.45, 7) is 0.656. The lowest BCUT2D eigenvalue weighted by atomic mass is 9.95. The van der Waals surface area contributed by atoms with E-state index in [4.69, 9.17) is 4.52 Å². The largest absolute Gasteiger partial charge is 0.417 e. The van der Waals surface area contributed by atoms with Crippen LogP contribution in [0.1, 0.15) is 40.5 Å². The monoisotopic (exact) mass is 402 g/mol. The molecule has 1 aliphatic heterocycles. The summed E-state index contributed by atoms with van der Waals surface area (Å²) in [5.41, 5.74) is -0.472. The zero-order chi connectivity index (χ0) is 20.4. The van der Waals surface area contributed by atoms with Crippen LogP contribution in [0.3, 0.4) is 0 Å². The van der Waals surface area contributed by atoms with E-state index in [1.165, 1.54) is 23.1 Å². The number of amides is 1. The maximum atomic E-state index is 13.2. The fraction of sp³-hybridized carbons (Fsp3) is 0.300. The lowest BCUT2D eigenvalue weighted by Crippen LogP contribution is -2.39. The van der Waals surface area contributed by atoms with Crippen LogP contribution in [0.2, 0.25) is 0 Å². The molecular formula is C20H17F3N4O2. The number of aromatic nitrogens is 3. The highest BCUT2D eigenvalue weighted by atomic mass is 19.4. The molecule has 0 unspecified atom stereocenters. The molecule has 3 aromatic rings. The number of nitrogens with zero attached hydrogens (tertiary/aromatic N) is 4. The van der Waals surface area contributed by atoms with Crippen LogP contribution in [0.15, 0.2) is 53.3 Å². The van der Waals surface area contributed by atoms with Crippen molar-refractivity contribution in [3.8, 4) is 11.5 Å². The van der Waals surface area contributed by atoms with Gasteiger partial charge in [-0.1, -0.05) is 17.3 Å². The molecule has 0 bridgehead atoms. The first-order chi connectivity index (χ1) is 13.9. The van der Waals surface area contributed by atoms with E-state index in [9.17, 15) is 18.0 Å². The second kappa shape index (κ2) is 7.65. The van der Waals surface area contributed by atoms with E-state index in [1.54, 1.807) is 24.5 Å². The first kappa shape index (κ1) is 19.1. The molecule has 1 aliphatic rings. The summed E-state index contributed by atoms with van der Waals surface area (Å²) in [6.07, 6.45) is -0.215. The average molecular weight is 402 g/mol. The number of carbonyl (C=O) groups excluding carboxylic acids is 1. The van der Waals surface area contributed by atoms with Crippen LogP contribution in [0, 0.1) is 0 Å². The van der Waals surface area contributed by atoms with Gasteiger partial charge in [-0.2, -0.15) is 18.2 Å². The first-order valence-corrected chi connectivity index (χ1v) is 9.13.